The number of hydrogen-bond acceptors (Lipinski definition) is 4. The summed E-state index contributed by atoms with van der Waals surface area (Å²) in [6.45, 7) is 2.90. The Hall–Kier alpha value is -3.74. The van der Waals surface area contributed by atoms with Gasteiger partial charge < -0.3 is 5.32 Å². The van der Waals surface area contributed by atoms with Gasteiger partial charge in [0.05, 0.1) is 11.7 Å². The molecule has 0 unspecified atom stereocenters. The SMILES string of the molecule is CC(=O)Nc1ccc(C(=O)NN=Cc2cn(C(C)=O)c3ccccc23)cc1. The van der Waals surface area contributed by atoms with E-state index in [2.05, 4.69) is 15.8 Å². The highest BCUT2D eigenvalue weighted by Crippen LogP contribution is 2.19. The lowest BCUT2D eigenvalue weighted by Gasteiger charge is -2.03. The van der Waals surface area contributed by atoms with Gasteiger partial charge in [0.1, 0.15) is 0 Å². The quantitative estimate of drug-likeness (QED) is 0.552. The molecule has 0 saturated carbocycles. The number of amides is 2. The van der Waals surface area contributed by atoms with Gasteiger partial charge in [-0.3, -0.25) is 19.0 Å². The molecule has 0 atom stereocenters. The molecule has 0 aliphatic rings. The van der Waals surface area contributed by atoms with Crippen LogP contribution in [0.4, 0.5) is 5.69 Å². The van der Waals surface area contributed by atoms with E-state index in [1.54, 1.807) is 35.0 Å². The Morgan fingerprint density at radius 1 is 1.00 bits per heavy atom. The summed E-state index contributed by atoms with van der Waals surface area (Å²) in [5.74, 6) is -0.661. The summed E-state index contributed by atoms with van der Waals surface area (Å²) in [5.41, 5.74) is 4.99. The summed E-state index contributed by atoms with van der Waals surface area (Å²) in [6, 6.07) is 13.9. The Balaban J connectivity index is 1.74. The number of fused-ring (bicyclic) bond motifs is 1. The Morgan fingerprint density at radius 2 is 1.70 bits per heavy atom. The first-order valence-corrected chi connectivity index (χ1v) is 8.28. The van der Waals surface area contributed by atoms with Crippen molar-refractivity contribution in [2.24, 2.45) is 5.10 Å². The molecule has 0 spiro atoms. The Morgan fingerprint density at radius 3 is 2.37 bits per heavy atom. The van der Waals surface area contributed by atoms with Gasteiger partial charge in [0.15, 0.2) is 0 Å². The zero-order valence-electron chi connectivity index (χ0n) is 14.9. The van der Waals surface area contributed by atoms with Crippen molar-refractivity contribution in [1.82, 2.24) is 9.99 Å². The van der Waals surface area contributed by atoms with Gasteiger partial charge in [-0.1, -0.05) is 18.2 Å². The van der Waals surface area contributed by atoms with E-state index >= 15 is 0 Å². The molecule has 0 aliphatic heterocycles. The van der Waals surface area contributed by atoms with Crippen LogP contribution in [-0.4, -0.2) is 28.5 Å². The first-order valence-electron chi connectivity index (χ1n) is 8.28. The number of para-hydroxylation sites is 1. The topological polar surface area (TPSA) is 92.6 Å². The number of aromatic nitrogens is 1. The summed E-state index contributed by atoms with van der Waals surface area (Å²) < 4.78 is 1.54. The molecule has 7 heteroatoms. The minimum atomic E-state index is -0.379. The lowest BCUT2D eigenvalue weighted by atomic mass is 10.2. The first kappa shape index (κ1) is 18.1. The summed E-state index contributed by atoms with van der Waals surface area (Å²) in [7, 11) is 0. The highest BCUT2D eigenvalue weighted by atomic mass is 16.2. The Bertz CT molecular complexity index is 1050. The maximum absolute atomic E-state index is 12.2. The van der Waals surface area contributed by atoms with Crippen LogP contribution >= 0.6 is 0 Å². The predicted octanol–water partition coefficient (Wildman–Crippen LogP) is 3.02. The van der Waals surface area contributed by atoms with Gasteiger partial charge >= 0.3 is 0 Å². The Kier molecular flexibility index (Phi) is 5.12. The minimum absolute atomic E-state index is 0.103. The van der Waals surface area contributed by atoms with Gasteiger partial charge in [-0.2, -0.15) is 5.10 Å². The molecule has 2 N–H and O–H groups in total. The molecule has 136 valence electrons. The molecule has 2 aromatic carbocycles. The highest BCUT2D eigenvalue weighted by molar-refractivity contribution is 6.04. The second-order valence-corrected chi connectivity index (χ2v) is 5.95. The van der Waals surface area contributed by atoms with Crippen LogP contribution in [0.2, 0.25) is 0 Å². The molecule has 0 saturated heterocycles. The smallest absolute Gasteiger partial charge is 0.271 e. The normalized spacial score (nSPS) is 10.9. The number of carbonyl (C=O) groups excluding carboxylic acids is 3. The van der Waals surface area contributed by atoms with Crippen molar-refractivity contribution >= 4 is 40.5 Å². The average molecular weight is 362 g/mol. The van der Waals surface area contributed by atoms with Crippen LogP contribution in [0.1, 0.15) is 34.6 Å². The maximum Gasteiger partial charge on any atom is 0.271 e. The van der Waals surface area contributed by atoms with Gasteiger partial charge in [0, 0.05) is 42.2 Å². The molecular weight excluding hydrogens is 344 g/mol. The van der Waals surface area contributed by atoms with Crippen LogP contribution in [-0.2, 0) is 4.79 Å². The number of anilines is 1. The second-order valence-electron chi connectivity index (χ2n) is 5.95. The first-order chi connectivity index (χ1) is 13.0. The standard InChI is InChI=1S/C20H18N4O3/c1-13(25)22-17-9-7-15(8-10-17)20(27)23-21-11-16-12-24(14(2)26)19-6-4-3-5-18(16)19/h3-12H,1-2H3,(H,22,25)(H,23,27). The molecule has 1 aromatic heterocycles. The van der Waals surface area contributed by atoms with E-state index < -0.39 is 0 Å². The summed E-state index contributed by atoms with van der Waals surface area (Å²) in [6.07, 6.45) is 3.19. The van der Waals surface area contributed by atoms with Gasteiger partial charge in [-0.25, -0.2) is 5.43 Å². The van der Waals surface area contributed by atoms with Gasteiger partial charge in [0.25, 0.3) is 5.91 Å². The number of hydrogen-bond donors (Lipinski definition) is 2. The molecule has 1 heterocycles. The molecule has 2 amide bonds. The fourth-order valence-electron chi connectivity index (χ4n) is 2.70. The van der Waals surface area contributed by atoms with Crippen LogP contribution in [0.15, 0.2) is 59.8 Å². The van der Waals surface area contributed by atoms with E-state index in [9.17, 15) is 14.4 Å². The number of nitrogens with one attached hydrogen (secondary N) is 2. The average Bonchev–Trinajstić information content (AvgIpc) is 3.01. The molecule has 27 heavy (non-hydrogen) atoms. The molecule has 3 aromatic rings. The van der Waals surface area contributed by atoms with Crippen molar-refractivity contribution in [3.63, 3.8) is 0 Å². The number of hydrazone groups is 1. The van der Waals surface area contributed by atoms with Crippen molar-refractivity contribution in [3.05, 3.63) is 65.9 Å². The van der Waals surface area contributed by atoms with Gasteiger partial charge in [0.2, 0.25) is 11.8 Å². The van der Waals surface area contributed by atoms with Crippen molar-refractivity contribution in [2.75, 3.05) is 5.32 Å². The lowest BCUT2D eigenvalue weighted by molar-refractivity contribution is -0.114. The molecule has 0 aliphatic carbocycles. The van der Waals surface area contributed by atoms with Crippen LogP contribution in [0.3, 0.4) is 0 Å². The highest BCUT2D eigenvalue weighted by Gasteiger charge is 2.09. The zero-order chi connectivity index (χ0) is 19.4. The monoisotopic (exact) mass is 362 g/mol. The fraction of sp³-hybridized carbons (Fsp3) is 0.100. The van der Waals surface area contributed by atoms with E-state index in [-0.39, 0.29) is 17.7 Å². The largest absolute Gasteiger partial charge is 0.326 e. The predicted molar refractivity (Wildman–Crippen MR) is 104 cm³/mol. The number of rotatable bonds is 4. The second kappa shape index (κ2) is 7.65. The molecule has 0 fully saturated rings. The minimum Gasteiger partial charge on any atom is -0.326 e. The number of benzene rings is 2. The lowest BCUT2D eigenvalue weighted by Crippen LogP contribution is -2.17. The van der Waals surface area contributed by atoms with Crippen LogP contribution in [0, 0.1) is 0 Å². The van der Waals surface area contributed by atoms with Crippen LogP contribution in [0.25, 0.3) is 10.9 Å². The number of carbonyl (C=O) groups is 3. The van der Waals surface area contributed by atoms with Crippen molar-refractivity contribution in [2.45, 2.75) is 13.8 Å². The molecule has 7 nitrogen and oxygen atoms in total. The van der Waals surface area contributed by atoms with E-state index in [4.69, 9.17) is 0 Å². The molecule has 0 radical (unpaired) electrons. The van der Waals surface area contributed by atoms with E-state index in [1.165, 1.54) is 20.1 Å². The maximum atomic E-state index is 12.2. The molecular formula is C20H18N4O3. The van der Waals surface area contributed by atoms with Gasteiger partial charge in [-0.05, 0) is 30.3 Å². The van der Waals surface area contributed by atoms with Crippen molar-refractivity contribution in [1.29, 1.82) is 0 Å². The Labute approximate surface area is 155 Å². The van der Waals surface area contributed by atoms with E-state index in [0.717, 1.165) is 16.5 Å². The third-order valence-corrected chi connectivity index (χ3v) is 3.92. The van der Waals surface area contributed by atoms with Crippen LogP contribution in [0.5, 0.6) is 0 Å². The number of nitrogens with zero attached hydrogens (tertiary/aromatic N) is 2. The van der Waals surface area contributed by atoms with E-state index in [1.807, 2.05) is 24.3 Å². The van der Waals surface area contributed by atoms with Crippen molar-refractivity contribution < 1.29 is 14.4 Å². The summed E-state index contributed by atoms with van der Waals surface area (Å²) in [5, 5.41) is 7.49. The van der Waals surface area contributed by atoms with Gasteiger partial charge in [-0.15, -0.1) is 0 Å². The summed E-state index contributed by atoms with van der Waals surface area (Å²) >= 11 is 0. The van der Waals surface area contributed by atoms with E-state index in [0.29, 0.717) is 11.3 Å². The zero-order valence-corrected chi connectivity index (χ0v) is 14.9. The third kappa shape index (κ3) is 4.09. The third-order valence-electron chi connectivity index (χ3n) is 3.92. The summed E-state index contributed by atoms with van der Waals surface area (Å²) in [4.78, 5) is 34.9. The molecule has 3 rings (SSSR count). The fourth-order valence-corrected chi connectivity index (χ4v) is 2.70. The molecule has 0 bridgehead atoms. The van der Waals surface area contributed by atoms with Crippen molar-refractivity contribution in [3.8, 4) is 0 Å². The van der Waals surface area contributed by atoms with Crippen LogP contribution < -0.4 is 10.7 Å².